The summed E-state index contributed by atoms with van der Waals surface area (Å²) in [5, 5.41) is 3.05. The van der Waals surface area contributed by atoms with Gasteiger partial charge in [0.2, 0.25) is 0 Å². The summed E-state index contributed by atoms with van der Waals surface area (Å²) in [7, 11) is -3.39. The molecule has 2 atom stereocenters. The number of nitrogens with zero attached hydrogens (tertiary/aromatic N) is 1. The van der Waals surface area contributed by atoms with E-state index in [0.717, 1.165) is 29.3 Å². The molecule has 2 unspecified atom stereocenters. The van der Waals surface area contributed by atoms with Gasteiger partial charge in [-0.15, -0.1) is 0 Å². The summed E-state index contributed by atoms with van der Waals surface area (Å²) in [6.45, 7) is 5.90. The van der Waals surface area contributed by atoms with Crippen molar-refractivity contribution >= 4 is 26.8 Å². The number of hydrogen-bond acceptors (Lipinski definition) is 4. The van der Waals surface area contributed by atoms with Crippen molar-refractivity contribution in [2.24, 2.45) is 5.92 Å². The van der Waals surface area contributed by atoms with Crippen molar-refractivity contribution in [3.8, 4) is 0 Å². The van der Waals surface area contributed by atoms with Crippen LogP contribution in [0.4, 0.5) is 0 Å². The number of hydrogen-bond donors (Lipinski definition) is 2. The van der Waals surface area contributed by atoms with E-state index in [-0.39, 0.29) is 22.8 Å². The first kappa shape index (κ1) is 20.1. The molecular formula is C21H25N3O3S. The highest BCUT2D eigenvalue weighted by atomic mass is 32.2. The van der Waals surface area contributed by atoms with Gasteiger partial charge in [-0.3, -0.25) is 4.79 Å². The molecular weight excluding hydrogens is 374 g/mol. The SMILES string of the molecule is CCC(C)C(NC(=O)c1cc(S(C)(=O)=O)ccc1C)c1nc2ccccc2[nH]1. The highest BCUT2D eigenvalue weighted by Gasteiger charge is 2.25. The number of para-hydroxylation sites is 2. The molecule has 2 N–H and O–H groups in total. The first-order valence-corrected chi connectivity index (χ1v) is 11.2. The van der Waals surface area contributed by atoms with Crippen LogP contribution in [0.2, 0.25) is 0 Å². The first-order valence-electron chi connectivity index (χ1n) is 9.27. The molecule has 6 nitrogen and oxygen atoms in total. The number of sulfone groups is 1. The van der Waals surface area contributed by atoms with E-state index in [1.807, 2.05) is 24.3 Å². The maximum atomic E-state index is 13.0. The van der Waals surface area contributed by atoms with Crippen molar-refractivity contribution in [2.45, 2.75) is 38.1 Å². The van der Waals surface area contributed by atoms with Crippen molar-refractivity contribution in [1.82, 2.24) is 15.3 Å². The number of fused-ring (bicyclic) bond motifs is 1. The number of carbonyl (C=O) groups excluding carboxylic acids is 1. The van der Waals surface area contributed by atoms with E-state index in [4.69, 9.17) is 0 Å². The van der Waals surface area contributed by atoms with Crippen LogP contribution in [0.3, 0.4) is 0 Å². The van der Waals surface area contributed by atoms with Gasteiger partial charge in [-0.2, -0.15) is 0 Å². The van der Waals surface area contributed by atoms with Crippen LogP contribution in [0.25, 0.3) is 11.0 Å². The Morgan fingerprint density at radius 2 is 1.93 bits per heavy atom. The highest BCUT2D eigenvalue weighted by Crippen LogP contribution is 2.26. The normalized spacial score (nSPS) is 14.0. The van der Waals surface area contributed by atoms with Gasteiger partial charge in [0, 0.05) is 11.8 Å². The van der Waals surface area contributed by atoms with Crippen molar-refractivity contribution in [3.63, 3.8) is 0 Å². The number of aryl methyl sites for hydroxylation is 1. The fourth-order valence-electron chi connectivity index (χ4n) is 3.13. The van der Waals surface area contributed by atoms with Gasteiger partial charge in [0.1, 0.15) is 5.82 Å². The van der Waals surface area contributed by atoms with Gasteiger partial charge in [0.25, 0.3) is 5.91 Å². The van der Waals surface area contributed by atoms with Gasteiger partial charge >= 0.3 is 0 Å². The molecule has 0 spiro atoms. The Balaban J connectivity index is 1.96. The zero-order valence-corrected chi connectivity index (χ0v) is 17.3. The summed E-state index contributed by atoms with van der Waals surface area (Å²) >= 11 is 0. The van der Waals surface area contributed by atoms with Crippen molar-refractivity contribution < 1.29 is 13.2 Å². The Labute approximate surface area is 165 Å². The van der Waals surface area contributed by atoms with Crippen LogP contribution in [0, 0.1) is 12.8 Å². The molecule has 0 saturated heterocycles. The summed E-state index contributed by atoms with van der Waals surface area (Å²) in [6, 6.07) is 12.0. The third-order valence-corrected chi connectivity index (χ3v) is 6.19. The number of aromatic amines is 1. The zero-order chi connectivity index (χ0) is 20.5. The molecule has 2 aromatic carbocycles. The summed E-state index contributed by atoms with van der Waals surface area (Å²) in [6.07, 6.45) is 1.99. The van der Waals surface area contributed by atoms with E-state index < -0.39 is 9.84 Å². The molecule has 0 radical (unpaired) electrons. The summed E-state index contributed by atoms with van der Waals surface area (Å²) in [4.78, 5) is 21.1. The lowest BCUT2D eigenvalue weighted by Crippen LogP contribution is -2.33. The van der Waals surface area contributed by atoms with Crippen LogP contribution in [-0.2, 0) is 9.84 Å². The number of nitrogens with one attached hydrogen (secondary N) is 2. The largest absolute Gasteiger partial charge is 0.342 e. The quantitative estimate of drug-likeness (QED) is 0.660. The standard InChI is InChI=1S/C21H25N3O3S/c1-5-13(2)19(20-22-17-8-6-7-9-18(17)23-20)24-21(25)16-12-15(28(4,26)27)11-10-14(16)3/h6-13,19H,5H2,1-4H3,(H,22,23)(H,24,25). The van der Waals surface area contributed by atoms with E-state index in [0.29, 0.717) is 11.4 Å². The number of imidazole rings is 1. The fourth-order valence-corrected chi connectivity index (χ4v) is 3.78. The van der Waals surface area contributed by atoms with E-state index in [2.05, 4.69) is 29.1 Å². The first-order chi connectivity index (χ1) is 13.2. The molecule has 1 heterocycles. The Morgan fingerprint density at radius 1 is 1.21 bits per heavy atom. The van der Waals surface area contributed by atoms with Gasteiger partial charge in [-0.1, -0.05) is 38.5 Å². The third kappa shape index (κ3) is 4.09. The second-order valence-electron chi connectivity index (χ2n) is 7.22. The average molecular weight is 400 g/mol. The molecule has 0 aliphatic heterocycles. The fraction of sp³-hybridized carbons (Fsp3) is 0.333. The van der Waals surface area contributed by atoms with E-state index in [1.54, 1.807) is 13.0 Å². The molecule has 7 heteroatoms. The average Bonchev–Trinajstić information content (AvgIpc) is 3.08. The van der Waals surface area contributed by atoms with Gasteiger partial charge in [0.15, 0.2) is 9.84 Å². The molecule has 0 bridgehead atoms. The lowest BCUT2D eigenvalue weighted by atomic mass is 9.97. The Kier molecular flexibility index (Phi) is 5.56. The number of aromatic nitrogens is 2. The van der Waals surface area contributed by atoms with Crippen LogP contribution in [0.15, 0.2) is 47.4 Å². The second kappa shape index (κ2) is 7.75. The topological polar surface area (TPSA) is 91.9 Å². The number of benzene rings is 2. The zero-order valence-electron chi connectivity index (χ0n) is 16.5. The van der Waals surface area contributed by atoms with E-state index >= 15 is 0 Å². The van der Waals surface area contributed by atoms with Crippen LogP contribution in [0.1, 0.15) is 48.1 Å². The highest BCUT2D eigenvalue weighted by molar-refractivity contribution is 7.90. The molecule has 0 fully saturated rings. The smallest absolute Gasteiger partial charge is 0.252 e. The van der Waals surface area contributed by atoms with Gasteiger partial charge in [-0.05, 0) is 42.7 Å². The minimum Gasteiger partial charge on any atom is -0.342 e. The van der Waals surface area contributed by atoms with Crippen LogP contribution >= 0.6 is 0 Å². The van der Waals surface area contributed by atoms with Crippen molar-refractivity contribution in [1.29, 1.82) is 0 Å². The number of amides is 1. The van der Waals surface area contributed by atoms with Gasteiger partial charge in [-0.25, -0.2) is 13.4 Å². The number of H-pyrrole nitrogens is 1. The molecule has 1 amide bonds. The van der Waals surface area contributed by atoms with Gasteiger partial charge in [0.05, 0.1) is 22.0 Å². The lowest BCUT2D eigenvalue weighted by Gasteiger charge is -2.23. The predicted octanol–water partition coefficient (Wildman–Crippen LogP) is 3.79. The van der Waals surface area contributed by atoms with E-state index in [1.165, 1.54) is 12.1 Å². The Hall–Kier alpha value is -2.67. The molecule has 148 valence electrons. The molecule has 3 aromatic rings. The minimum atomic E-state index is -3.39. The Morgan fingerprint density at radius 3 is 2.57 bits per heavy atom. The van der Waals surface area contributed by atoms with Crippen LogP contribution in [0.5, 0.6) is 0 Å². The van der Waals surface area contributed by atoms with Gasteiger partial charge < -0.3 is 10.3 Å². The molecule has 0 aliphatic carbocycles. The third-order valence-electron chi connectivity index (χ3n) is 5.08. The number of rotatable bonds is 6. The summed E-state index contributed by atoms with van der Waals surface area (Å²) in [5.74, 6) is 0.525. The molecule has 28 heavy (non-hydrogen) atoms. The van der Waals surface area contributed by atoms with Crippen molar-refractivity contribution in [2.75, 3.05) is 6.26 Å². The molecule has 3 rings (SSSR count). The molecule has 0 aliphatic rings. The second-order valence-corrected chi connectivity index (χ2v) is 9.24. The minimum absolute atomic E-state index is 0.132. The molecule has 1 aromatic heterocycles. The predicted molar refractivity (Wildman–Crippen MR) is 110 cm³/mol. The van der Waals surface area contributed by atoms with Crippen LogP contribution < -0.4 is 5.32 Å². The number of carbonyl (C=O) groups is 1. The molecule has 0 saturated carbocycles. The maximum Gasteiger partial charge on any atom is 0.252 e. The Bertz CT molecular complexity index is 1090. The van der Waals surface area contributed by atoms with Crippen molar-refractivity contribution in [3.05, 3.63) is 59.4 Å². The lowest BCUT2D eigenvalue weighted by molar-refractivity contribution is 0.0919. The maximum absolute atomic E-state index is 13.0. The van der Waals surface area contributed by atoms with Crippen LogP contribution in [-0.4, -0.2) is 30.5 Å². The summed E-state index contributed by atoms with van der Waals surface area (Å²) < 4.78 is 23.7. The van der Waals surface area contributed by atoms with E-state index in [9.17, 15) is 13.2 Å². The summed E-state index contributed by atoms with van der Waals surface area (Å²) in [5.41, 5.74) is 2.83. The monoisotopic (exact) mass is 399 g/mol.